The Morgan fingerprint density at radius 1 is 1.00 bits per heavy atom. The van der Waals surface area contributed by atoms with Crippen LogP contribution in [0.25, 0.3) is 0 Å². The molecule has 2 unspecified atom stereocenters. The zero-order valence-electron chi connectivity index (χ0n) is 12.6. The number of aliphatic hydroxyl groups is 1. The highest BCUT2D eigenvalue weighted by Crippen LogP contribution is 2.24. The summed E-state index contributed by atoms with van der Waals surface area (Å²) in [6.45, 7) is 18.1. The number of β-amino-alcohol motifs (C(OH)–C–C–N with tert-alkyl or cyclic N) is 1. The molecule has 0 aromatic rings. The summed E-state index contributed by atoms with van der Waals surface area (Å²) >= 11 is 0. The van der Waals surface area contributed by atoms with E-state index in [9.17, 15) is 5.11 Å². The molecule has 0 bridgehead atoms. The van der Waals surface area contributed by atoms with Crippen molar-refractivity contribution in [3.8, 4) is 0 Å². The summed E-state index contributed by atoms with van der Waals surface area (Å²) in [4.78, 5) is 4.98. The van der Waals surface area contributed by atoms with Crippen molar-refractivity contribution in [3.05, 3.63) is 0 Å². The van der Waals surface area contributed by atoms with Gasteiger partial charge < -0.3 is 5.11 Å². The number of hydrogen-bond acceptors (Lipinski definition) is 3. The molecule has 3 heteroatoms. The maximum Gasteiger partial charge on any atom is 0.0718 e. The Kier molecular flexibility index (Phi) is 4.28. The van der Waals surface area contributed by atoms with Crippen molar-refractivity contribution in [2.45, 2.75) is 71.7 Å². The first-order chi connectivity index (χ1) is 7.50. The minimum absolute atomic E-state index is 0.239. The van der Waals surface area contributed by atoms with Crippen molar-refractivity contribution in [1.29, 1.82) is 0 Å². The van der Waals surface area contributed by atoms with Crippen LogP contribution < -0.4 is 0 Å². The van der Waals surface area contributed by atoms with Crippen LogP contribution in [0, 0.1) is 0 Å². The van der Waals surface area contributed by atoms with E-state index in [1.807, 2.05) is 13.8 Å². The van der Waals surface area contributed by atoms with Gasteiger partial charge in [0.25, 0.3) is 0 Å². The third-order valence-corrected chi connectivity index (χ3v) is 3.62. The molecule has 1 fully saturated rings. The Labute approximate surface area is 107 Å². The maximum absolute atomic E-state index is 9.98. The lowest BCUT2D eigenvalue weighted by atomic mass is 9.97. The summed E-state index contributed by atoms with van der Waals surface area (Å²) in [6.07, 6.45) is 0. The van der Waals surface area contributed by atoms with E-state index in [1.165, 1.54) is 0 Å². The molecule has 1 N–H and O–H groups in total. The van der Waals surface area contributed by atoms with Gasteiger partial charge in [0, 0.05) is 37.3 Å². The second-order valence-electron chi connectivity index (χ2n) is 7.26. The van der Waals surface area contributed by atoms with Gasteiger partial charge in [0.15, 0.2) is 0 Å². The molecule has 0 aromatic heterocycles. The Morgan fingerprint density at radius 3 is 1.71 bits per heavy atom. The van der Waals surface area contributed by atoms with Crippen molar-refractivity contribution < 1.29 is 5.11 Å². The fraction of sp³-hybridized carbons (Fsp3) is 1.00. The van der Waals surface area contributed by atoms with Crippen LogP contribution in [0.2, 0.25) is 0 Å². The van der Waals surface area contributed by atoms with Crippen LogP contribution in [0.3, 0.4) is 0 Å². The number of hydrogen-bond donors (Lipinski definition) is 1. The van der Waals surface area contributed by atoms with Crippen LogP contribution in [0.1, 0.15) is 48.5 Å². The second-order valence-corrected chi connectivity index (χ2v) is 7.26. The second kappa shape index (κ2) is 4.87. The van der Waals surface area contributed by atoms with Crippen LogP contribution in [0.4, 0.5) is 0 Å². The Bertz CT molecular complexity index is 240. The molecule has 0 amide bonds. The minimum Gasteiger partial charge on any atom is -0.389 e. The normalized spacial score (nSPS) is 29.6. The molecule has 1 aliphatic rings. The molecule has 0 saturated carbocycles. The number of piperazine rings is 1. The first-order valence-electron chi connectivity index (χ1n) is 6.74. The van der Waals surface area contributed by atoms with Gasteiger partial charge in [-0.15, -0.1) is 0 Å². The minimum atomic E-state index is -0.605. The zero-order valence-corrected chi connectivity index (χ0v) is 12.6. The fourth-order valence-corrected chi connectivity index (χ4v) is 2.66. The molecule has 0 aromatic carbocycles. The molecule has 3 nitrogen and oxygen atoms in total. The molecule has 17 heavy (non-hydrogen) atoms. The highest BCUT2D eigenvalue weighted by molar-refractivity contribution is 4.92. The Balaban J connectivity index is 2.69. The predicted molar refractivity (Wildman–Crippen MR) is 73.3 cm³/mol. The largest absolute Gasteiger partial charge is 0.389 e. The van der Waals surface area contributed by atoms with Gasteiger partial charge in [-0.25, -0.2) is 0 Å². The van der Waals surface area contributed by atoms with Crippen molar-refractivity contribution >= 4 is 0 Å². The summed E-state index contributed by atoms with van der Waals surface area (Å²) in [6, 6.07) is 1.01. The van der Waals surface area contributed by atoms with Crippen LogP contribution in [-0.2, 0) is 0 Å². The quantitative estimate of drug-likeness (QED) is 0.802. The van der Waals surface area contributed by atoms with Crippen molar-refractivity contribution in [3.63, 3.8) is 0 Å². The van der Waals surface area contributed by atoms with Gasteiger partial charge in [-0.2, -0.15) is 0 Å². The van der Waals surface area contributed by atoms with Crippen molar-refractivity contribution in [2.75, 3.05) is 19.6 Å². The molecule has 2 atom stereocenters. The molecule has 1 heterocycles. The molecule has 0 radical (unpaired) electrons. The van der Waals surface area contributed by atoms with Gasteiger partial charge in [0.2, 0.25) is 0 Å². The third-order valence-electron chi connectivity index (χ3n) is 3.62. The van der Waals surface area contributed by atoms with Gasteiger partial charge >= 0.3 is 0 Å². The maximum atomic E-state index is 9.98. The lowest BCUT2D eigenvalue weighted by Crippen LogP contribution is -2.62. The molecule has 102 valence electrons. The van der Waals surface area contributed by atoms with E-state index in [-0.39, 0.29) is 5.54 Å². The standard InChI is InChI=1S/C14H30N2O/c1-11-8-15(13(3,4)5)9-12(2)16(11)10-14(6,7)17/h11-12,17H,8-10H2,1-7H3. The van der Waals surface area contributed by atoms with E-state index in [1.54, 1.807) is 0 Å². The first kappa shape index (κ1) is 14.9. The van der Waals surface area contributed by atoms with E-state index in [4.69, 9.17) is 0 Å². The molecule has 1 aliphatic heterocycles. The summed E-state index contributed by atoms with van der Waals surface area (Å²) in [5.41, 5.74) is -0.365. The van der Waals surface area contributed by atoms with E-state index in [2.05, 4.69) is 44.4 Å². The molecule has 0 spiro atoms. The summed E-state index contributed by atoms with van der Waals surface area (Å²) in [7, 11) is 0. The van der Waals surface area contributed by atoms with Gasteiger partial charge in [0.1, 0.15) is 0 Å². The summed E-state index contributed by atoms with van der Waals surface area (Å²) in [5.74, 6) is 0. The highest BCUT2D eigenvalue weighted by Gasteiger charge is 2.36. The number of nitrogens with zero attached hydrogens (tertiary/aromatic N) is 2. The van der Waals surface area contributed by atoms with E-state index in [0.717, 1.165) is 19.6 Å². The van der Waals surface area contributed by atoms with Crippen LogP contribution >= 0.6 is 0 Å². The smallest absolute Gasteiger partial charge is 0.0718 e. The van der Waals surface area contributed by atoms with Crippen LogP contribution in [0.15, 0.2) is 0 Å². The zero-order chi connectivity index (χ0) is 13.4. The van der Waals surface area contributed by atoms with Gasteiger partial charge in [-0.3, -0.25) is 9.80 Å². The lowest BCUT2D eigenvalue weighted by molar-refractivity contribution is -0.0479. The Morgan fingerprint density at radius 2 is 1.41 bits per heavy atom. The van der Waals surface area contributed by atoms with Gasteiger partial charge in [0.05, 0.1) is 5.60 Å². The first-order valence-corrected chi connectivity index (χ1v) is 6.74. The highest BCUT2D eigenvalue weighted by atomic mass is 16.3. The van der Waals surface area contributed by atoms with Crippen molar-refractivity contribution in [2.24, 2.45) is 0 Å². The van der Waals surface area contributed by atoms with E-state index < -0.39 is 5.60 Å². The molecule has 1 saturated heterocycles. The average molecular weight is 242 g/mol. The van der Waals surface area contributed by atoms with Crippen LogP contribution in [-0.4, -0.2) is 57.8 Å². The summed E-state index contributed by atoms with van der Waals surface area (Å²) < 4.78 is 0. The molecular weight excluding hydrogens is 212 g/mol. The predicted octanol–water partition coefficient (Wildman–Crippen LogP) is 1.95. The lowest BCUT2D eigenvalue weighted by Gasteiger charge is -2.50. The average Bonchev–Trinajstić information content (AvgIpc) is 2.07. The summed E-state index contributed by atoms with van der Waals surface area (Å²) in [5, 5.41) is 9.98. The SMILES string of the molecule is CC1CN(C(C)(C)C)CC(C)N1CC(C)(C)O. The van der Waals surface area contributed by atoms with Gasteiger partial charge in [-0.1, -0.05) is 0 Å². The van der Waals surface area contributed by atoms with E-state index in [0.29, 0.717) is 12.1 Å². The van der Waals surface area contributed by atoms with Gasteiger partial charge in [-0.05, 0) is 48.5 Å². The molecule has 1 rings (SSSR count). The van der Waals surface area contributed by atoms with E-state index >= 15 is 0 Å². The third kappa shape index (κ3) is 4.23. The Hall–Kier alpha value is -0.120. The fourth-order valence-electron chi connectivity index (χ4n) is 2.66. The van der Waals surface area contributed by atoms with Crippen LogP contribution in [0.5, 0.6) is 0 Å². The monoisotopic (exact) mass is 242 g/mol. The molecule has 0 aliphatic carbocycles. The number of rotatable bonds is 2. The molecular formula is C14H30N2O. The topological polar surface area (TPSA) is 26.7 Å². The van der Waals surface area contributed by atoms with Crippen molar-refractivity contribution in [1.82, 2.24) is 9.80 Å².